The molecule has 112 valence electrons. The lowest BCUT2D eigenvalue weighted by Gasteiger charge is -2.16. The van der Waals surface area contributed by atoms with E-state index in [9.17, 15) is 9.59 Å². The fourth-order valence-electron chi connectivity index (χ4n) is 2.46. The maximum atomic E-state index is 12.5. The van der Waals surface area contributed by atoms with E-state index in [-0.39, 0.29) is 18.2 Å². The largest absolute Gasteiger partial charge is 0.373 e. The standard InChI is InChI=1S/C17H15ClN2O2/c1-11-2-8-14(9-3-11)20-16(21)10-15(17(20)22)19-13-6-4-12(18)5-7-13/h2-9,15,19H,10H2,1H3/t15-/m0/s1. The average Bonchev–Trinajstić information content (AvgIpc) is 2.77. The highest BCUT2D eigenvalue weighted by Crippen LogP contribution is 2.25. The molecule has 0 radical (unpaired) electrons. The second-order valence-corrected chi connectivity index (χ2v) is 5.75. The van der Waals surface area contributed by atoms with Crippen LogP contribution in [0.4, 0.5) is 11.4 Å². The molecule has 0 aliphatic carbocycles. The Morgan fingerprint density at radius 3 is 2.32 bits per heavy atom. The zero-order valence-electron chi connectivity index (χ0n) is 12.0. The van der Waals surface area contributed by atoms with E-state index < -0.39 is 6.04 Å². The van der Waals surface area contributed by atoms with Gasteiger partial charge in [-0.15, -0.1) is 0 Å². The van der Waals surface area contributed by atoms with E-state index in [0.717, 1.165) is 11.3 Å². The van der Waals surface area contributed by atoms with E-state index in [1.807, 2.05) is 19.1 Å². The van der Waals surface area contributed by atoms with Crippen LogP contribution in [-0.2, 0) is 9.59 Å². The molecule has 1 heterocycles. The highest BCUT2D eigenvalue weighted by atomic mass is 35.5. The molecule has 0 unspecified atom stereocenters. The molecule has 1 aliphatic rings. The molecule has 4 nitrogen and oxygen atoms in total. The number of rotatable bonds is 3. The highest BCUT2D eigenvalue weighted by molar-refractivity contribution is 6.30. The van der Waals surface area contributed by atoms with Crippen molar-refractivity contribution in [2.24, 2.45) is 0 Å². The Kier molecular flexibility index (Phi) is 3.86. The Bertz CT molecular complexity index is 710. The maximum absolute atomic E-state index is 12.5. The van der Waals surface area contributed by atoms with Gasteiger partial charge >= 0.3 is 0 Å². The van der Waals surface area contributed by atoms with Crippen molar-refractivity contribution < 1.29 is 9.59 Å². The second-order valence-electron chi connectivity index (χ2n) is 5.31. The van der Waals surface area contributed by atoms with Crippen molar-refractivity contribution in [1.29, 1.82) is 0 Å². The SMILES string of the molecule is Cc1ccc(N2C(=O)C[C@H](Nc3ccc(Cl)cc3)C2=O)cc1. The molecule has 3 rings (SSSR count). The van der Waals surface area contributed by atoms with E-state index >= 15 is 0 Å². The first-order valence-electron chi connectivity index (χ1n) is 7.00. The van der Waals surface area contributed by atoms with Crippen LogP contribution in [0.3, 0.4) is 0 Å². The third-order valence-electron chi connectivity index (χ3n) is 3.62. The number of carbonyl (C=O) groups is 2. The van der Waals surface area contributed by atoms with Crippen LogP contribution in [0.15, 0.2) is 48.5 Å². The van der Waals surface area contributed by atoms with Crippen molar-refractivity contribution in [2.75, 3.05) is 10.2 Å². The first-order valence-corrected chi connectivity index (χ1v) is 7.38. The Balaban J connectivity index is 1.79. The summed E-state index contributed by atoms with van der Waals surface area (Å²) < 4.78 is 0. The van der Waals surface area contributed by atoms with Gasteiger partial charge in [-0.3, -0.25) is 9.59 Å². The number of hydrogen-bond donors (Lipinski definition) is 1. The van der Waals surface area contributed by atoms with Gasteiger partial charge in [0.2, 0.25) is 5.91 Å². The topological polar surface area (TPSA) is 49.4 Å². The number of nitrogens with zero attached hydrogens (tertiary/aromatic N) is 1. The van der Waals surface area contributed by atoms with Crippen LogP contribution in [0.25, 0.3) is 0 Å². The highest BCUT2D eigenvalue weighted by Gasteiger charge is 2.39. The zero-order chi connectivity index (χ0) is 15.7. The van der Waals surface area contributed by atoms with Crippen LogP contribution in [0.2, 0.25) is 5.02 Å². The summed E-state index contributed by atoms with van der Waals surface area (Å²) in [6.07, 6.45) is 0.148. The Morgan fingerprint density at radius 2 is 1.68 bits per heavy atom. The van der Waals surface area contributed by atoms with Gasteiger partial charge in [-0.2, -0.15) is 0 Å². The molecule has 1 atom stereocenters. The van der Waals surface area contributed by atoms with Gasteiger partial charge in [-0.25, -0.2) is 4.90 Å². The fourth-order valence-corrected chi connectivity index (χ4v) is 2.58. The summed E-state index contributed by atoms with van der Waals surface area (Å²) in [7, 11) is 0. The lowest BCUT2D eigenvalue weighted by atomic mass is 10.2. The molecule has 2 aromatic carbocycles. The second kappa shape index (κ2) is 5.81. The lowest BCUT2D eigenvalue weighted by molar-refractivity contribution is -0.121. The summed E-state index contributed by atoms with van der Waals surface area (Å²) in [5.74, 6) is -0.427. The molecule has 2 amide bonds. The predicted octanol–water partition coefficient (Wildman–Crippen LogP) is 3.39. The Labute approximate surface area is 133 Å². The molecule has 2 aromatic rings. The van der Waals surface area contributed by atoms with Crippen molar-refractivity contribution in [3.63, 3.8) is 0 Å². The Morgan fingerprint density at radius 1 is 1.05 bits per heavy atom. The normalized spacial score (nSPS) is 17.9. The number of amides is 2. The number of hydrogen-bond acceptors (Lipinski definition) is 3. The quantitative estimate of drug-likeness (QED) is 0.883. The number of benzene rings is 2. The monoisotopic (exact) mass is 314 g/mol. The molecule has 1 fully saturated rings. The van der Waals surface area contributed by atoms with Gasteiger partial charge in [0.05, 0.1) is 12.1 Å². The molecule has 0 bridgehead atoms. The van der Waals surface area contributed by atoms with E-state index in [2.05, 4.69) is 5.32 Å². The van der Waals surface area contributed by atoms with Gasteiger partial charge in [-0.1, -0.05) is 29.3 Å². The first-order chi connectivity index (χ1) is 10.5. The van der Waals surface area contributed by atoms with Crippen molar-refractivity contribution in [1.82, 2.24) is 0 Å². The molecular weight excluding hydrogens is 300 g/mol. The number of aryl methyl sites for hydroxylation is 1. The van der Waals surface area contributed by atoms with Crippen LogP contribution in [0, 0.1) is 6.92 Å². The third-order valence-corrected chi connectivity index (χ3v) is 3.88. The summed E-state index contributed by atoms with van der Waals surface area (Å²) in [6.45, 7) is 1.96. The van der Waals surface area contributed by atoms with Crippen LogP contribution < -0.4 is 10.2 Å². The minimum atomic E-state index is -0.546. The molecule has 1 aliphatic heterocycles. The maximum Gasteiger partial charge on any atom is 0.256 e. The minimum Gasteiger partial charge on any atom is -0.373 e. The average molecular weight is 315 g/mol. The number of anilines is 2. The first kappa shape index (κ1) is 14.6. The molecule has 0 saturated carbocycles. The number of halogens is 1. The van der Waals surface area contributed by atoms with Crippen LogP contribution in [-0.4, -0.2) is 17.9 Å². The van der Waals surface area contributed by atoms with Gasteiger partial charge < -0.3 is 5.32 Å². The predicted molar refractivity (Wildman–Crippen MR) is 87.2 cm³/mol. The van der Waals surface area contributed by atoms with E-state index in [1.54, 1.807) is 36.4 Å². The van der Waals surface area contributed by atoms with E-state index in [4.69, 9.17) is 11.6 Å². The summed E-state index contributed by atoms with van der Waals surface area (Å²) in [4.78, 5) is 25.9. The van der Waals surface area contributed by atoms with Crippen LogP contribution >= 0.6 is 11.6 Å². The third kappa shape index (κ3) is 2.83. The molecule has 0 aromatic heterocycles. The van der Waals surface area contributed by atoms with Gasteiger partial charge in [0.15, 0.2) is 0 Å². The van der Waals surface area contributed by atoms with Crippen molar-refractivity contribution >= 4 is 34.8 Å². The van der Waals surface area contributed by atoms with E-state index in [0.29, 0.717) is 10.7 Å². The fraction of sp³-hybridized carbons (Fsp3) is 0.176. The van der Waals surface area contributed by atoms with Gasteiger partial charge in [0, 0.05) is 10.7 Å². The summed E-state index contributed by atoms with van der Waals surface area (Å²) in [5.41, 5.74) is 2.46. The number of nitrogens with one attached hydrogen (secondary N) is 1. The van der Waals surface area contributed by atoms with Crippen LogP contribution in [0.5, 0.6) is 0 Å². The van der Waals surface area contributed by atoms with Crippen molar-refractivity contribution in [3.8, 4) is 0 Å². The van der Waals surface area contributed by atoms with Gasteiger partial charge in [0.25, 0.3) is 5.91 Å². The molecule has 1 saturated heterocycles. The van der Waals surface area contributed by atoms with Crippen molar-refractivity contribution in [3.05, 3.63) is 59.1 Å². The minimum absolute atomic E-state index is 0.148. The van der Waals surface area contributed by atoms with E-state index in [1.165, 1.54) is 4.90 Å². The van der Waals surface area contributed by atoms with Gasteiger partial charge in [-0.05, 0) is 43.3 Å². The number of carbonyl (C=O) groups excluding carboxylic acids is 2. The molecule has 0 spiro atoms. The number of imide groups is 1. The Hall–Kier alpha value is -2.33. The molecule has 5 heteroatoms. The van der Waals surface area contributed by atoms with Crippen LogP contribution in [0.1, 0.15) is 12.0 Å². The lowest BCUT2D eigenvalue weighted by Crippen LogP contribution is -2.34. The van der Waals surface area contributed by atoms with Gasteiger partial charge in [0.1, 0.15) is 6.04 Å². The molecule has 1 N–H and O–H groups in total. The summed E-state index contributed by atoms with van der Waals surface area (Å²) in [6, 6.07) is 13.8. The summed E-state index contributed by atoms with van der Waals surface area (Å²) >= 11 is 5.84. The molecular formula is C17H15ClN2O2. The molecule has 22 heavy (non-hydrogen) atoms. The smallest absolute Gasteiger partial charge is 0.256 e. The van der Waals surface area contributed by atoms with Crippen molar-refractivity contribution in [2.45, 2.75) is 19.4 Å². The zero-order valence-corrected chi connectivity index (χ0v) is 12.8. The summed E-state index contributed by atoms with van der Waals surface area (Å²) in [5, 5.41) is 3.71.